The van der Waals surface area contributed by atoms with E-state index >= 15 is 0 Å². The van der Waals surface area contributed by atoms with Gasteiger partial charge in [0.05, 0.1) is 12.8 Å². The zero-order valence-corrected chi connectivity index (χ0v) is 11.8. The Morgan fingerprint density at radius 2 is 2.05 bits per heavy atom. The molecule has 1 heterocycles. The molecule has 2 N–H and O–H groups in total. The predicted molar refractivity (Wildman–Crippen MR) is 72.7 cm³/mol. The maximum absolute atomic E-state index is 12.4. The van der Waals surface area contributed by atoms with Gasteiger partial charge in [-0.25, -0.2) is 9.48 Å². The average Bonchev–Trinajstić information content (AvgIpc) is 2.94. The molecule has 8 heteroatoms. The van der Waals surface area contributed by atoms with Gasteiger partial charge in [-0.05, 0) is 12.8 Å². The fourth-order valence-corrected chi connectivity index (χ4v) is 2.71. The fourth-order valence-electron chi connectivity index (χ4n) is 2.71. The van der Waals surface area contributed by atoms with Crippen LogP contribution in [0.25, 0.3) is 0 Å². The quantitative estimate of drug-likeness (QED) is 0.772. The van der Waals surface area contributed by atoms with E-state index in [9.17, 15) is 9.59 Å². The first-order chi connectivity index (χ1) is 10.1. The van der Waals surface area contributed by atoms with Gasteiger partial charge in [0.25, 0.3) is 0 Å². The summed E-state index contributed by atoms with van der Waals surface area (Å²) in [5.74, 6) is -1.34. The van der Waals surface area contributed by atoms with Gasteiger partial charge in [0, 0.05) is 12.6 Å². The van der Waals surface area contributed by atoms with Crippen LogP contribution in [-0.2, 0) is 11.3 Å². The molecule has 1 aromatic heterocycles. The van der Waals surface area contributed by atoms with Crippen molar-refractivity contribution in [3.05, 3.63) is 11.9 Å². The van der Waals surface area contributed by atoms with Crippen molar-refractivity contribution in [1.82, 2.24) is 19.9 Å². The summed E-state index contributed by atoms with van der Waals surface area (Å²) in [6.07, 6.45) is 6.49. The Labute approximate surface area is 122 Å². The van der Waals surface area contributed by atoms with Crippen LogP contribution in [0.15, 0.2) is 6.20 Å². The topological polar surface area (TPSA) is 109 Å². The molecule has 0 saturated heterocycles. The van der Waals surface area contributed by atoms with Crippen LogP contribution in [0, 0.1) is 0 Å². The number of amides is 1. The fraction of sp³-hybridized carbons (Fsp3) is 0.692. The number of carboxylic acids is 1. The molecule has 0 atom stereocenters. The third-order valence-electron chi connectivity index (χ3n) is 3.73. The van der Waals surface area contributed by atoms with Gasteiger partial charge >= 0.3 is 5.97 Å². The van der Waals surface area contributed by atoms with Gasteiger partial charge in [0.15, 0.2) is 5.69 Å². The number of rotatable bonds is 6. The molecule has 1 amide bonds. The minimum absolute atomic E-state index is 0.0588. The Kier molecular flexibility index (Phi) is 5.26. The molecule has 1 aliphatic rings. The summed E-state index contributed by atoms with van der Waals surface area (Å²) in [4.78, 5) is 24.8. The number of aromatic carboxylic acids is 1. The summed E-state index contributed by atoms with van der Waals surface area (Å²) in [6.45, 7) is 0.154. The van der Waals surface area contributed by atoms with Crippen molar-refractivity contribution in [2.24, 2.45) is 0 Å². The Hall–Kier alpha value is -1.96. The first-order valence-electron chi connectivity index (χ1n) is 7.15. The van der Waals surface area contributed by atoms with Crippen LogP contribution in [0.1, 0.15) is 42.6 Å². The lowest BCUT2D eigenvalue weighted by atomic mass is 9.94. The number of aromatic nitrogens is 3. The molecule has 8 nitrogen and oxygen atoms in total. The normalized spacial score (nSPS) is 15.9. The largest absolute Gasteiger partial charge is 0.476 e. The maximum Gasteiger partial charge on any atom is 0.358 e. The summed E-state index contributed by atoms with van der Waals surface area (Å²) in [5, 5.41) is 25.1. The molecule has 1 aromatic rings. The van der Waals surface area contributed by atoms with E-state index in [1.54, 1.807) is 4.90 Å². The number of carboxylic acid groups (broad SMARTS) is 1. The van der Waals surface area contributed by atoms with E-state index in [4.69, 9.17) is 10.2 Å². The number of carbonyl (C=O) groups excluding carboxylic acids is 1. The van der Waals surface area contributed by atoms with Gasteiger partial charge < -0.3 is 15.1 Å². The van der Waals surface area contributed by atoms with Gasteiger partial charge in [-0.1, -0.05) is 24.5 Å². The van der Waals surface area contributed by atoms with Crippen molar-refractivity contribution < 1.29 is 19.8 Å². The molecule has 0 spiro atoms. The van der Waals surface area contributed by atoms with E-state index in [1.165, 1.54) is 17.3 Å². The molecule has 21 heavy (non-hydrogen) atoms. The second-order valence-corrected chi connectivity index (χ2v) is 5.21. The molecule has 116 valence electrons. The Bertz CT molecular complexity index is 496. The monoisotopic (exact) mass is 296 g/mol. The minimum Gasteiger partial charge on any atom is -0.476 e. The van der Waals surface area contributed by atoms with Gasteiger partial charge in [0.1, 0.15) is 6.54 Å². The van der Waals surface area contributed by atoms with E-state index < -0.39 is 5.97 Å². The number of hydrogen-bond acceptors (Lipinski definition) is 5. The molecule has 0 aromatic carbocycles. The molecule has 0 bridgehead atoms. The highest BCUT2D eigenvalue weighted by atomic mass is 16.4. The SMILES string of the molecule is O=C(O)c1cn(CC(=O)N(CCO)C2CCCCC2)nn1. The van der Waals surface area contributed by atoms with Crippen LogP contribution >= 0.6 is 0 Å². The van der Waals surface area contributed by atoms with Crippen LogP contribution in [-0.4, -0.2) is 61.2 Å². The van der Waals surface area contributed by atoms with Crippen LogP contribution in [0.2, 0.25) is 0 Å². The maximum atomic E-state index is 12.4. The molecular formula is C13H20N4O4. The summed E-state index contributed by atoms with van der Waals surface area (Å²) >= 11 is 0. The van der Waals surface area contributed by atoms with Gasteiger partial charge in [-0.2, -0.15) is 0 Å². The number of aliphatic hydroxyl groups excluding tert-OH is 1. The van der Waals surface area contributed by atoms with Crippen LogP contribution in [0.5, 0.6) is 0 Å². The Balaban J connectivity index is 2.01. The molecule has 1 fully saturated rings. The second kappa shape index (κ2) is 7.16. The second-order valence-electron chi connectivity index (χ2n) is 5.21. The minimum atomic E-state index is -1.17. The number of hydrogen-bond donors (Lipinski definition) is 2. The lowest BCUT2D eigenvalue weighted by Crippen LogP contribution is -2.44. The highest BCUT2D eigenvalue weighted by molar-refractivity contribution is 5.84. The molecular weight excluding hydrogens is 276 g/mol. The summed E-state index contributed by atoms with van der Waals surface area (Å²) in [6, 6.07) is 0.154. The first-order valence-corrected chi connectivity index (χ1v) is 7.15. The van der Waals surface area contributed by atoms with Crippen molar-refractivity contribution in [2.75, 3.05) is 13.2 Å². The molecule has 0 aliphatic heterocycles. The van der Waals surface area contributed by atoms with E-state index in [0.717, 1.165) is 25.7 Å². The smallest absolute Gasteiger partial charge is 0.358 e. The van der Waals surface area contributed by atoms with Crippen molar-refractivity contribution in [1.29, 1.82) is 0 Å². The average molecular weight is 296 g/mol. The zero-order chi connectivity index (χ0) is 15.2. The summed E-state index contributed by atoms with van der Waals surface area (Å²) in [5.41, 5.74) is -0.186. The molecule has 1 aliphatic carbocycles. The van der Waals surface area contributed by atoms with Crippen LogP contribution in [0.4, 0.5) is 0 Å². The molecule has 1 saturated carbocycles. The molecule has 0 unspecified atom stereocenters. The van der Waals surface area contributed by atoms with Crippen molar-refractivity contribution in [2.45, 2.75) is 44.7 Å². The van der Waals surface area contributed by atoms with E-state index in [0.29, 0.717) is 6.54 Å². The van der Waals surface area contributed by atoms with Crippen molar-refractivity contribution >= 4 is 11.9 Å². The number of carbonyl (C=O) groups is 2. The molecule has 2 rings (SSSR count). The highest BCUT2D eigenvalue weighted by Crippen LogP contribution is 2.22. The number of aliphatic hydroxyl groups is 1. The summed E-state index contributed by atoms with van der Waals surface area (Å²) in [7, 11) is 0. The first kappa shape index (κ1) is 15.4. The van der Waals surface area contributed by atoms with Gasteiger partial charge in [-0.3, -0.25) is 4.79 Å². The van der Waals surface area contributed by atoms with E-state index in [2.05, 4.69) is 10.3 Å². The third kappa shape index (κ3) is 4.01. The van der Waals surface area contributed by atoms with Gasteiger partial charge in [-0.15, -0.1) is 5.10 Å². The number of nitrogens with zero attached hydrogens (tertiary/aromatic N) is 4. The van der Waals surface area contributed by atoms with Crippen molar-refractivity contribution in [3.8, 4) is 0 Å². The highest BCUT2D eigenvalue weighted by Gasteiger charge is 2.25. The molecule has 0 radical (unpaired) electrons. The van der Waals surface area contributed by atoms with Crippen LogP contribution < -0.4 is 0 Å². The summed E-state index contributed by atoms with van der Waals surface area (Å²) < 4.78 is 1.22. The Morgan fingerprint density at radius 3 is 2.62 bits per heavy atom. The lowest BCUT2D eigenvalue weighted by Gasteiger charge is -2.34. The van der Waals surface area contributed by atoms with Gasteiger partial charge in [0.2, 0.25) is 5.91 Å². The van der Waals surface area contributed by atoms with E-state index in [-0.39, 0.29) is 30.8 Å². The standard InChI is InChI=1S/C13H20N4O4/c18-7-6-17(10-4-2-1-3-5-10)12(19)9-16-8-11(13(20)21)14-15-16/h8,10,18H,1-7,9H2,(H,20,21). The lowest BCUT2D eigenvalue weighted by molar-refractivity contribution is -0.135. The zero-order valence-electron chi connectivity index (χ0n) is 11.8. The van der Waals surface area contributed by atoms with Crippen LogP contribution in [0.3, 0.4) is 0 Å². The Morgan fingerprint density at radius 1 is 1.33 bits per heavy atom. The third-order valence-corrected chi connectivity index (χ3v) is 3.73. The van der Waals surface area contributed by atoms with Crippen molar-refractivity contribution in [3.63, 3.8) is 0 Å². The van der Waals surface area contributed by atoms with E-state index in [1.807, 2.05) is 0 Å². The predicted octanol–water partition coefficient (Wildman–Crippen LogP) is 0.130.